The maximum Gasteiger partial charge on any atom is 0.306 e. The zero-order chi connectivity index (χ0) is 26.5. The number of rotatable bonds is 11. The Bertz CT molecular complexity index is 1270. The molecule has 8 heteroatoms. The minimum atomic E-state index is -0.890. The van der Waals surface area contributed by atoms with Gasteiger partial charge in [-0.25, -0.2) is 4.98 Å². The third-order valence-electron chi connectivity index (χ3n) is 7.04. The largest absolute Gasteiger partial charge is 0.486 e. The third kappa shape index (κ3) is 5.97. The van der Waals surface area contributed by atoms with Crippen molar-refractivity contribution in [2.45, 2.75) is 57.3 Å². The quantitative estimate of drug-likeness (QED) is 0.368. The van der Waals surface area contributed by atoms with Gasteiger partial charge in [-0.2, -0.15) is 0 Å². The molecule has 5 rings (SSSR count). The fraction of sp³-hybridized carbons (Fsp3) is 0.367. The topological polar surface area (TPSA) is 107 Å². The van der Waals surface area contributed by atoms with Crippen LogP contribution < -0.4 is 14.8 Å². The highest BCUT2D eigenvalue weighted by molar-refractivity contribution is 5.78. The molecule has 3 aromatic rings. The Kier molecular flexibility index (Phi) is 7.89. The first-order chi connectivity index (χ1) is 18.5. The minimum Gasteiger partial charge on any atom is -0.486 e. The molecule has 0 radical (unpaired) electrons. The molecule has 0 bridgehead atoms. The summed E-state index contributed by atoms with van der Waals surface area (Å²) in [4.78, 5) is 27.0. The molecule has 0 saturated carbocycles. The molecule has 2 heterocycles. The summed E-state index contributed by atoms with van der Waals surface area (Å²) in [6.07, 6.45) is 4.33. The molecule has 0 spiro atoms. The van der Waals surface area contributed by atoms with Gasteiger partial charge in [-0.3, -0.25) is 9.59 Å². The molecule has 2 aromatic carbocycles. The van der Waals surface area contributed by atoms with Gasteiger partial charge in [0.15, 0.2) is 0 Å². The fourth-order valence-corrected chi connectivity index (χ4v) is 5.18. The number of benzene rings is 2. The summed E-state index contributed by atoms with van der Waals surface area (Å²) in [7, 11) is 0. The second kappa shape index (κ2) is 11.6. The van der Waals surface area contributed by atoms with Crippen LogP contribution >= 0.6 is 0 Å². The van der Waals surface area contributed by atoms with Crippen LogP contribution in [0.1, 0.15) is 61.5 Å². The van der Waals surface area contributed by atoms with Crippen LogP contribution in [0.15, 0.2) is 60.8 Å². The van der Waals surface area contributed by atoms with Crippen LogP contribution in [0.2, 0.25) is 0 Å². The number of hydrogen-bond donors (Lipinski definition) is 2. The highest BCUT2D eigenvalue weighted by atomic mass is 16.5. The highest BCUT2D eigenvalue weighted by Crippen LogP contribution is 2.40. The van der Waals surface area contributed by atoms with E-state index >= 15 is 0 Å². The average molecular weight is 517 g/mol. The molecule has 1 fully saturated rings. The van der Waals surface area contributed by atoms with E-state index in [0.717, 1.165) is 41.7 Å². The first-order valence-electron chi connectivity index (χ1n) is 13.1. The van der Waals surface area contributed by atoms with Gasteiger partial charge in [0.1, 0.15) is 18.5 Å². The second-order valence-corrected chi connectivity index (χ2v) is 9.63. The maximum atomic E-state index is 11.4. The summed E-state index contributed by atoms with van der Waals surface area (Å²) in [5, 5.41) is 12.1. The lowest BCUT2D eigenvalue weighted by atomic mass is 9.98. The number of fused-ring (bicyclic) bond motifs is 1. The van der Waals surface area contributed by atoms with Crippen molar-refractivity contribution in [3.8, 4) is 22.8 Å². The van der Waals surface area contributed by atoms with E-state index in [-0.39, 0.29) is 24.5 Å². The predicted molar refractivity (Wildman–Crippen MR) is 141 cm³/mol. The van der Waals surface area contributed by atoms with Gasteiger partial charge in [0.25, 0.3) is 0 Å². The molecule has 1 aliphatic heterocycles. The van der Waals surface area contributed by atoms with E-state index in [1.807, 2.05) is 55.6 Å². The summed E-state index contributed by atoms with van der Waals surface area (Å²) in [6, 6.07) is 17.7. The number of nitrogens with zero attached hydrogens (tertiary/aromatic N) is 1. The van der Waals surface area contributed by atoms with Crippen molar-refractivity contribution in [2.75, 3.05) is 13.2 Å². The fourth-order valence-electron chi connectivity index (χ4n) is 5.18. The number of aliphatic carboxylic acids is 1. The zero-order valence-electron chi connectivity index (χ0n) is 21.4. The van der Waals surface area contributed by atoms with Crippen molar-refractivity contribution in [1.82, 2.24) is 10.3 Å². The van der Waals surface area contributed by atoms with E-state index in [1.165, 1.54) is 11.1 Å². The van der Waals surface area contributed by atoms with Crippen molar-refractivity contribution >= 4 is 11.9 Å². The Balaban J connectivity index is 1.25. The number of pyridine rings is 1. The van der Waals surface area contributed by atoms with E-state index in [9.17, 15) is 14.7 Å². The number of ether oxygens (including phenoxy) is 3. The first kappa shape index (κ1) is 25.7. The van der Waals surface area contributed by atoms with Crippen molar-refractivity contribution in [3.05, 3.63) is 77.5 Å². The molecule has 1 saturated heterocycles. The number of carbonyl (C=O) groups is 2. The number of carboxylic acids is 1. The van der Waals surface area contributed by atoms with Crippen LogP contribution in [-0.2, 0) is 20.7 Å². The highest BCUT2D eigenvalue weighted by Gasteiger charge is 2.27. The minimum absolute atomic E-state index is 0.0466. The molecule has 198 valence electrons. The number of carbonyl (C=O) groups excluding carboxylic acids is 1. The van der Waals surface area contributed by atoms with Gasteiger partial charge in [0.2, 0.25) is 11.8 Å². The molecule has 2 aliphatic rings. The molecule has 0 unspecified atom stereocenters. The Hall–Kier alpha value is -3.91. The smallest absolute Gasteiger partial charge is 0.306 e. The van der Waals surface area contributed by atoms with E-state index in [4.69, 9.17) is 14.2 Å². The van der Waals surface area contributed by atoms with Gasteiger partial charge in [-0.05, 0) is 66.6 Å². The number of nitrogens with one attached hydrogen (secondary N) is 1. The molecule has 38 heavy (non-hydrogen) atoms. The van der Waals surface area contributed by atoms with E-state index in [2.05, 4.69) is 22.4 Å². The van der Waals surface area contributed by atoms with Crippen LogP contribution in [0, 0.1) is 0 Å². The molecule has 2 N–H and O–H groups in total. The lowest BCUT2D eigenvalue weighted by molar-refractivity contribution is -0.140. The number of amides is 1. The van der Waals surface area contributed by atoms with Crippen LogP contribution in [0.3, 0.4) is 0 Å². The van der Waals surface area contributed by atoms with Crippen LogP contribution in [0.25, 0.3) is 11.1 Å². The Morgan fingerprint density at radius 1 is 1.11 bits per heavy atom. The molecule has 1 aromatic heterocycles. The summed E-state index contributed by atoms with van der Waals surface area (Å²) in [5.74, 6) is 0.468. The van der Waals surface area contributed by atoms with E-state index in [0.29, 0.717) is 25.5 Å². The van der Waals surface area contributed by atoms with Crippen molar-refractivity contribution < 1.29 is 28.9 Å². The monoisotopic (exact) mass is 516 g/mol. The number of carboxylic acid groups (broad SMARTS) is 1. The Labute approximate surface area is 222 Å². The summed E-state index contributed by atoms with van der Waals surface area (Å²) in [5.41, 5.74) is 5.41. The van der Waals surface area contributed by atoms with Gasteiger partial charge in [0, 0.05) is 30.9 Å². The summed E-state index contributed by atoms with van der Waals surface area (Å²) >= 11 is 0. The molecular formula is C30H32N2O6. The molecular weight excluding hydrogens is 484 g/mol. The van der Waals surface area contributed by atoms with Crippen molar-refractivity contribution in [3.63, 3.8) is 0 Å². The first-order valence-corrected chi connectivity index (χ1v) is 13.1. The SMILES string of the molecule is CCO[C@@H](CC(=O)O)c1ccc(O[C@@H]2CCc3c(-c4ccc(OC[C@H]5CCC(=O)N5)nc4)cccc32)cc1. The summed E-state index contributed by atoms with van der Waals surface area (Å²) in [6.45, 7) is 2.73. The number of hydrogen-bond acceptors (Lipinski definition) is 6. The van der Waals surface area contributed by atoms with Gasteiger partial charge in [-0.15, -0.1) is 0 Å². The lowest BCUT2D eigenvalue weighted by Crippen LogP contribution is -2.30. The second-order valence-electron chi connectivity index (χ2n) is 9.63. The maximum absolute atomic E-state index is 11.4. The van der Waals surface area contributed by atoms with E-state index < -0.39 is 12.1 Å². The molecule has 8 nitrogen and oxygen atoms in total. The van der Waals surface area contributed by atoms with Crippen molar-refractivity contribution in [1.29, 1.82) is 0 Å². The molecule has 1 amide bonds. The zero-order valence-corrected chi connectivity index (χ0v) is 21.4. The van der Waals surface area contributed by atoms with Crippen LogP contribution in [-0.4, -0.2) is 41.2 Å². The van der Waals surface area contributed by atoms with E-state index in [1.54, 1.807) is 0 Å². The third-order valence-corrected chi connectivity index (χ3v) is 7.04. The van der Waals surface area contributed by atoms with Crippen LogP contribution in [0.4, 0.5) is 0 Å². The van der Waals surface area contributed by atoms with Gasteiger partial charge in [-0.1, -0.05) is 30.3 Å². The van der Waals surface area contributed by atoms with Gasteiger partial charge >= 0.3 is 5.97 Å². The normalized spacial score (nSPS) is 19.0. The van der Waals surface area contributed by atoms with Gasteiger partial charge in [0.05, 0.1) is 18.6 Å². The molecule has 3 atom stereocenters. The predicted octanol–water partition coefficient (Wildman–Crippen LogP) is 5.02. The van der Waals surface area contributed by atoms with Gasteiger partial charge < -0.3 is 24.6 Å². The molecule has 1 aliphatic carbocycles. The van der Waals surface area contributed by atoms with Crippen LogP contribution in [0.5, 0.6) is 11.6 Å². The van der Waals surface area contributed by atoms with Crippen molar-refractivity contribution in [2.24, 2.45) is 0 Å². The standard InChI is InChI=1S/C30H32N2O6/c1-2-36-27(16-30(34)35)19-6-10-22(11-7-19)38-26-13-12-24-23(4-3-5-25(24)26)20-8-15-29(31-17-20)37-18-21-9-14-28(33)32-21/h3-8,10-11,15,17,21,26-27H,2,9,12-14,16,18H2,1H3,(H,32,33)(H,34,35)/t21-,26-,27+/m1/s1. The number of aromatic nitrogens is 1. The Morgan fingerprint density at radius 3 is 2.63 bits per heavy atom. The lowest BCUT2D eigenvalue weighted by Gasteiger charge is -2.18. The Morgan fingerprint density at radius 2 is 1.95 bits per heavy atom. The average Bonchev–Trinajstić information content (AvgIpc) is 3.53. The summed E-state index contributed by atoms with van der Waals surface area (Å²) < 4.78 is 17.7.